The Morgan fingerprint density at radius 3 is 2.25 bits per heavy atom. The Morgan fingerprint density at radius 1 is 1.25 bits per heavy atom. The first-order valence-electron chi connectivity index (χ1n) is 3.96. The molecule has 1 rings (SSSR count). The molecule has 0 radical (unpaired) electrons. The third kappa shape index (κ3) is 2.91. The van der Waals surface area contributed by atoms with E-state index in [4.69, 9.17) is 0 Å². The van der Waals surface area contributed by atoms with Crippen LogP contribution in [0.5, 0.6) is 5.75 Å². The topological polar surface area (TPSA) is 26.3 Å². The van der Waals surface area contributed by atoms with Crippen LogP contribution < -0.4 is 4.74 Å². The molecule has 0 aliphatic carbocycles. The lowest BCUT2D eigenvalue weighted by molar-refractivity contribution is -0.275. The number of benzene rings is 1. The molecule has 16 heavy (non-hydrogen) atoms. The van der Waals surface area contributed by atoms with Crippen LogP contribution >= 0.6 is 0 Å². The van der Waals surface area contributed by atoms with Gasteiger partial charge in [0.1, 0.15) is 5.82 Å². The molecule has 1 aromatic carbocycles. The van der Waals surface area contributed by atoms with Gasteiger partial charge in [-0.2, -0.15) is 0 Å². The molecule has 0 bridgehead atoms. The van der Waals surface area contributed by atoms with E-state index in [2.05, 4.69) is 4.74 Å². The molecular formula is C9H5F5O2. The first-order valence-corrected chi connectivity index (χ1v) is 3.96. The molecule has 0 spiro atoms. The number of ether oxygens (including phenoxy) is 1. The number of carbonyl (C=O) groups is 1. The van der Waals surface area contributed by atoms with E-state index in [1.807, 2.05) is 0 Å². The van der Waals surface area contributed by atoms with Crippen molar-refractivity contribution in [2.24, 2.45) is 0 Å². The molecule has 2 nitrogen and oxygen atoms in total. The highest BCUT2D eigenvalue weighted by Crippen LogP contribution is 2.30. The summed E-state index contributed by atoms with van der Waals surface area (Å²) >= 11 is 0. The first kappa shape index (κ1) is 12.4. The first-order chi connectivity index (χ1) is 7.20. The van der Waals surface area contributed by atoms with Crippen molar-refractivity contribution in [3.8, 4) is 5.75 Å². The van der Waals surface area contributed by atoms with Crippen LogP contribution in [0.1, 0.15) is 17.3 Å². The van der Waals surface area contributed by atoms with Crippen LogP contribution in [0.15, 0.2) is 12.1 Å². The molecule has 0 saturated carbocycles. The summed E-state index contributed by atoms with van der Waals surface area (Å²) < 4.78 is 64.6. The molecule has 0 heterocycles. The number of ketones is 1. The van der Waals surface area contributed by atoms with Gasteiger partial charge in [-0.3, -0.25) is 4.79 Å². The minimum Gasteiger partial charge on any atom is -0.402 e. The zero-order valence-electron chi connectivity index (χ0n) is 7.86. The Kier molecular flexibility index (Phi) is 3.16. The van der Waals surface area contributed by atoms with Crippen LogP contribution in [0, 0.1) is 11.6 Å². The van der Waals surface area contributed by atoms with Crippen molar-refractivity contribution in [1.29, 1.82) is 0 Å². The number of hydrogen-bond acceptors (Lipinski definition) is 2. The second-order valence-electron chi connectivity index (χ2n) is 2.87. The fourth-order valence-electron chi connectivity index (χ4n) is 1.04. The van der Waals surface area contributed by atoms with E-state index in [-0.39, 0.29) is 6.07 Å². The van der Waals surface area contributed by atoms with Crippen molar-refractivity contribution >= 4 is 5.78 Å². The van der Waals surface area contributed by atoms with Gasteiger partial charge >= 0.3 is 6.36 Å². The average molecular weight is 240 g/mol. The maximum Gasteiger partial charge on any atom is 0.573 e. The normalized spacial score (nSPS) is 11.4. The summed E-state index contributed by atoms with van der Waals surface area (Å²) in [5, 5.41) is 0. The quantitative estimate of drug-likeness (QED) is 0.586. The second kappa shape index (κ2) is 4.07. The number of hydrogen-bond donors (Lipinski definition) is 0. The van der Waals surface area contributed by atoms with E-state index in [1.165, 1.54) is 0 Å². The van der Waals surface area contributed by atoms with Crippen LogP contribution in [-0.4, -0.2) is 12.1 Å². The highest BCUT2D eigenvalue weighted by Gasteiger charge is 2.34. The lowest BCUT2D eigenvalue weighted by atomic mass is 10.1. The third-order valence-electron chi connectivity index (χ3n) is 1.61. The summed E-state index contributed by atoms with van der Waals surface area (Å²) in [7, 11) is 0. The average Bonchev–Trinajstić information content (AvgIpc) is 2.07. The van der Waals surface area contributed by atoms with E-state index in [9.17, 15) is 26.7 Å². The predicted octanol–water partition coefficient (Wildman–Crippen LogP) is 3.07. The van der Waals surface area contributed by atoms with Gasteiger partial charge in [0.25, 0.3) is 0 Å². The Hall–Kier alpha value is -1.66. The lowest BCUT2D eigenvalue weighted by Gasteiger charge is -2.12. The molecule has 0 aromatic heterocycles. The Labute approximate surface area is 86.6 Å². The zero-order chi connectivity index (χ0) is 12.5. The van der Waals surface area contributed by atoms with Gasteiger partial charge in [0.15, 0.2) is 17.3 Å². The monoisotopic (exact) mass is 240 g/mol. The van der Waals surface area contributed by atoms with Gasteiger partial charge in [0.05, 0.1) is 5.56 Å². The Balaban J connectivity index is 3.30. The van der Waals surface area contributed by atoms with Gasteiger partial charge in [-0.25, -0.2) is 8.78 Å². The van der Waals surface area contributed by atoms with Crippen molar-refractivity contribution in [2.45, 2.75) is 13.3 Å². The number of halogens is 5. The van der Waals surface area contributed by atoms with Crippen molar-refractivity contribution in [1.82, 2.24) is 0 Å². The van der Waals surface area contributed by atoms with Gasteiger partial charge in [0, 0.05) is 6.07 Å². The molecule has 88 valence electrons. The third-order valence-corrected chi connectivity index (χ3v) is 1.61. The maximum absolute atomic E-state index is 13.0. The second-order valence-corrected chi connectivity index (χ2v) is 2.87. The summed E-state index contributed by atoms with van der Waals surface area (Å²) in [6, 6.07) is 0.681. The van der Waals surface area contributed by atoms with E-state index in [1.54, 1.807) is 0 Å². The number of carbonyl (C=O) groups excluding carboxylic acids is 1. The number of Topliss-reactive ketones (excluding diaryl/α,β-unsaturated/α-hetero) is 1. The van der Waals surface area contributed by atoms with E-state index < -0.39 is 35.1 Å². The molecule has 0 aliphatic heterocycles. The van der Waals surface area contributed by atoms with E-state index in [0.29, 0.717) is 6.07 Å². The molecule has 0 N–H and O–H groups in total. The standard InChI is InChI=1S/C9H5F5O2/c1-4(15)6-2-5(10)3-7(11)8(6)16-9(12,13)14/h2-3H,1H3. The molecule has 0 unspecified atom stereocenters. The predicted molar refractivity (Wildman–Crippen MR) is 43.0 cm³/mol. The van der Waals surface area contributed by atoms with Crippen LogP contribution in [0.3, 0.4) is 0 Å². The number of alkyl halides is 3. The highest BCUT2D eigenvalue weighted by molar-refractivity contribution is 5.96. The van der Waals surface area contributed by atoms with E-state index in [0.717, 1.165) is 6.92 Å². The fraction of sp³-hybridized carbons (Fsp3) is 0.222. The van der Waals surface area contributed by atoms with Crippen LogP contribution in [0.25, 0.3) is 0 Å². The molecule has 0 atom stereocenters. The molecular weight excluding hydrogens is 235 g/mol. The summed E-state index contributed by atoms with van der Waals surface area (Å²) in [6.07, 6.45) is -5.15. The molecule has 7 heteroatoms. The smallest absolute Gasteiger partial charge is 0.402 e. The minimum absolute atomic E-state index is 0.202. The summed E-state index contributed by atoms with van der Waals surface area (Å²) in [4.78, 5) is 10.9. The summed E-state index contributed by atoms with van der Waals surface area (Å²) in [5.41, 5.74) is -0.796. The van der Waals surface area contributed by atoms with Crippen LogP contribution in [-0.2, 0) is 0 Å². The van der Waals surface area contributed by atoms with Gasteiger partial charge in [0.2, 0.25) is 0 Å². The van der Waals surface area contributed by atoms with Crippen molar-refractivity contribution in [3.05, 3.63) is 29.3 Å². The maximum atomic E-state index is 13.0. The van der Waals surface area contributed by atoms with Crippen molar-refractivity contribution < 1.29 is 31.5 Å². The summed E-state index contributed by atoms with van der Waals surface area (Å²) in [6.45, 7) is 0.872. The Morgan fingerprint density at radius 2 is 1.81 bits per heavy atom. The van der Waals surface area contributed by atoms with Crippen LogP contribution in [0.4, 0.5) is 22.0 Å². The van der Waals surface area contributed by atoms with Gasteiger partial charge < -0.3 is 4.74 Å². The molecule has 1 aromatic rings. The van der Waals surface area contributed by atoms with Crippen molar-refractivity contribution in [3.63, 3.8) is 0 Å². The molecule has 0 amide bonds. The Bertz CT molecular complexity index is 425. The van der Waals surface area contributed by atoms with Gasteiger partial charge in [-0.15, -0.1) is 13.2 Å². The molecule has 0 saturated heterocycles. The van der Waals surface area contributed by atoms with Gasteiger partial charge in [-0.1, -0.05) is 0 Å². The lowest BCUT2D eigenvalue weighted by Crippen LogP contribution is -2.20. The highest BCUT2D eigenvalue weighted by atomic mass is 19.4. The molecule has 0 fully saturated rings. The fourth-order valence-corrected chi connectivity index (χ4v) is 1.04. The van der Waals surface area contributed by atoms with Crippen LogP contribution in [0.2, 0.25) is 0 Å². The number of rotatable bonds is 2. The van der Waals surface area contributed by atoms with Gasteiger partial charge in [-0.05, 0) is 13.0 Å². The largest absolute Gasteiger partial charge is 0.573 e. The summed E-state index contributed by atoms with van der Waals surface area (Å²) in [5.74, 6) is -4.99. The minimum atomic E-state index is -5.15. The van der Waals surface area contributed by atoms with Crippen molar-refractivity contribution in [2.75, 3.05) is 0 Å². The SMILES string of the molecule is CC(=O)c1cc(F)cc(F)c1OC(F)(F)F. The molecule has 0 aliphatic rings. The van der Waals surface area contributed by atoms with E-state index >= 15 is 0 Å². The zero-order valence-corrected chi connectivity index (χ0v) is 7.86.